The van der Waals surface area contributed by atoms with Crippen molar-refractivity contribution in [3.8, 4) is 11.3 Å². The Labute approximate surface area is 136 Å². The van der Waals surface area contributed by atoms with Gasteiger partial charge in [0.25, 0.3) is 0 Å². The lowest BCUT2D eigenvalue weighted by atomic mass is 10.1. The second-order valence-corrected chi connectivity index (χ2v) is 5.77. The number of Topliss-reactive ketones (excluding diaryl/α,β-unsaturated/α-hetero) is 1. The number of nitrogens with zero attached hydrogens (tertiary/aromatic N) is 2. The van der Waals surface area contributed by atoms with Crippen molar-refractivity contribution in [1.82, 2.24) is 10.1 Å². The molecule has 0 amide bonds. The second kappa shape index (κ2) is 6.66. The SMILES string of the molecule is O=C(CCc1cc(-c2ccc(Br)cc2)no1)c1cccnc1. The molecule has 3 aromatic rings. The van der Waals surface area contributed by atoms with Crippen LogP contribution in [-0.4, -0.2) is 15.9 Å². The Kier molecular flexibility index (Phi) is 4.44. The van der Waals surface area contributed by atoms with E-state index in [2.05, 4.69) is 26.1 Å². The first-order chi connectivity index (χ1) is 10.7. The molecule has 0 fully saturated rings. The molecule has 0 radical (unpaired) electrons. The van der Waals surface area contributed by atoms with Gasteiger partial charge in [-0.15, -0.1) is 0 Å². The molecule has 0 aliphatic rings. The van der Waals surface area contributed by atoms with Crippen molar-refractivity contribution in [3.05, 3.63) is 70.7 Å². The molecule has 0 unspecified atom stereocenters. The quantitative estimate of drug-likeness (QED) is 0.639. The normalized spacial score (nSPS) is 10.6. The molecule has 22 heavy (non-hydrogen) atoms. The predicted octanol–water partition coefficient (Wildman–Crippen LogP) is 4.31. The Morgan fingerprint density at radius 2 is 2.00 bits per heavy atom. The summed E-state index contributed by atoms with van der Waals surface area (Å²) in [5.41, 5.74) is 2.38. The van der Waals surface area contributed by atoms with Crippen LogP contribution < -0.4 is 0 Å². The summed E-state index contributed by atoms with van der Waals surface area (Å²) in [4.78, 5) is 16.0. The first-order valence-corrected chi connectivity index (χ1v) is 7.66. The molecule has 2 heterocycles. The highest BCUT2D eigenvalue weighted by molar-refractivity contribution is 9.10. The van der Waals surface area contributed by atoms with Gasteiger partial charge >= 0.3 is 0 Å². The standard InChI is InChI=1S/C17H13BrN2O2/c18-14-5-3-12(4-6-14)16-10-15(22-20-16)7-8-17(21)13-2-1-9-19-11-13/h1-6,9-11H,7-8H2. The molecule has 4 nitrogen and oxygen atoms in total. The molecule has 1 aromatic carbocycles. The van der Waals surface area contributed by atoms with Crippen LogP contribution >= 0.6 is 15.9 Å². The summed E-state index contributed by atoms with van der Waals surface area (Å²) in [5, 5.41) is 4.05. The van der Waals surface area contributed by atoms with Gasteiger partial charge in [0, 0.05) is 46.9 Å². The third-order valence-corrected chi connectivity index (χ3v) is 3.81. The molecule has 0 spiro atoms. The number of hydrogen-bond acceptors (Lipinski definition) is 4. The van der Waals surface area contributed by atoms with E-state index in [1.165, 1.54) is 0 Å². The number of ketones is 1. The second-order valence-electron chi connectivity index (χ2n) is 4.85. The van der Waals surface area contributed by atoms with Crippen molar-refractivity contribution in [1.29, 1.82) is 0 Å². The number of aromatic nitrogens is 2. The van der Waals surface area contributed by atoms with E-state index in [1.807, 2.05) is 30.3 Å². The molecule has 110 valence electrons. The van der Waals surface area contributed by atoms with Crippen LogP contribution in [0.25, 0.3) is 11.3 Å². The van der Waals surface area contributed by atoms with Crippen molar-refractivity contribution in [2.24, 2.45) is 0 Å². The maximum Gasteiger partial charge on any atom is 0.164 e. The minimum atomic E-state index is 0.0506. The number of carbonyl (C=O) groups excluding carboxylic acids is 1. The maximum atomic E-state index is 12.0. The largest absolute Gasteiger partial charge is 0.361 e. The molecule has 0 atom stereocenters. The Morgan fingerprint density at radius 3 is 2.73 bits per heavy atom. The van der Waals surface area contributed by atoms with Crippen molar-refractivity contribution in [3.63, 3.8) is 0 Å². The van der Waals surface area contributed by atoms with E-state index in [0.29, 0.717) is 24.2 Å². The zero-order valence-corrected chi connectivity index (χ0v) is 13.3. The summed E-state index contributed by atoms with van der Waals surface area (Å²) in [6.07, 6.45) is 4.13. The number of hydrogen-bond donors (Lipinski definition) is 0. The Morgan fingerprint density at radius 1 is 1.18 bits per heavy atom. The van der Waals surface area contributed by atoms with Crippen molar-refractivity contribution in [2.45, 2.75) is 12.8 Å². The third kappa shape index (κ3) is 3.49. The molecule has 0 N–H and O–H groups in total. The van der Waals surface area contributed by atoms with Gasteiger partial charge in [-0.05, 0) is 24.3 Å². The van der Waals surface area contributed by atoms with E-state index in [-0.39, 0.29) is 5.78 Å². The fraction of sp³-hybridized carbons (Fsp3) is 0.118. The number of benzene rings is 1. The first kappa shape index (κ1) is 14.7. The summed E-state index contributed by atoms with van der Waals surface area (Å²) in [6, 6.07) is 13.2. The summed E-state index contributed by atoms with van der Waals surface area (Å²) in [5.74, 6) is 0.754. The summed E-state index contributed by atoms with van der Waals surface area (Å²) >= 11 is 3.40. The van der Waals surface area contributed by atoms with E-state index in [1.54, 1.807) is 24.5 Å². The molecule has 0 bridgehead atoms. The van der Waals surface area contributed by atoms with E-state index in [0.717, 1.165) is 15.7 Å². The summed E-state index contributed by atoms with van der Waals surface area (Å²) in [7, 11) is 0. The third-order valence-electron chi connectivity index (χ3n) is 3.28. The van der Waals surface area contributed by atoms with Crippen LogP contribution in [0.3, 0.4) is 0 Å². The van der Waals surface area contributed by atoms with Gasteiger partial charge in [0.05, 0.1) is 0 Å². The fourth-order valence-electron chi connectivity index (χ4n) is 2.10. The minimum absolute atomic E-state index is 0.0506. The lowest BCUT2D eigenvalue weighted by Crippen LogP contribution is -2.00. The van der Waals surface area contributed by atoms with Gasteiger partial charge < -0.3 is 4.52 Å². The van der Waals surface area contributed by atoms with Crippen LogP contribution in [0.5, 0.6) is 0 Å². The van der Waals surface area contributed by atoms with Crippen molar-refractivity contribution < 1.29 is 9.32 Å². The summed E-state index contributed by atoms with van der Waals surface area (Å²) in [6.45, 7) is 0. The molecule has 0 aliphatic carbocycles. The number of pyridine rings is 1. The molecule has 5 heteroatoms. The number of carbonyl (C=O) groups is 1. The van der Waals surface area contributed by atoms with Crippen LogP contribution in [0.15, 0.2) is 63.9 Å². The smallest absolute Gasteiger partial charge is 0.164 e. The van der Waals surface area contributed by atoms with Gasteiger partial charge in [-0.3, -0.25) is 9.78 Å². The molecule has 0 aliphatic heterocycles. The molecule has 0 saturated heterocycles. The highest BCUT2D eigenvalue weighted by atomic mass is 79.9. The van der Waals surface area contributed by atoms with Gasteiger partial charge in [-0.25, -0.2) is 0 Å². The minimum Gasteiger partial charge on any atom is -0.361 e. The van der Waals surface area contributed by atoms with Crippen LogP contribution in [0, 0.1) is 0 Å². The average molecular weight is 357 g/mol. The maximum absolute atomic E-state index is 12.0. The average Bonchev–Trinajstić information content (AvgIpc) is 3.03. The molecule has 2 aromatic heterocycles. The van der Waals surface area contributed by atoms with Gasteiger partial charge in [0.1, 0.15) is 11.5 Å². The van der Waals surface area contributed by atoms with Crippen molar-refractivity contribution in [2.75, 3.05) is 0 Å². The van der Waals surface area contributed by atoms with Crippen LogP contribution in [0.2, 0.25) is 0 Å². The monoisotopic (exact) mass is 356 g/mol. The number of rotatable bonds is 5. The van der Waals surface area contributed by atoms with E-state index in [4.69, 9.17) is 4.52 Å². The Bertz CT molecular complexity index is 767. The van der Waals surface area contributed by atoms with Gasteiger partial charge in [-0.2, -0.15) is 0 Å². The van der Waals surface area contributed by atoms with E-state index >= 15 is 0 Å². The number of aryl methyl sites for hydroxylation is 1. The summed E-state index contributed by atoms with van der Waals surface area (Å²) < 4.78 is 6.32. The fourth-order valence-corrected chi connectivity index (χ4v) is 2.36. The first-order valence-electron chi connectivity index (χ1n) is 6.87. The van der Waals surface area contributed by atoms with E-state index in [9.17, 15) is 4.79 Å². The topological polar surface area (TPSA) is 56.0 Å². The molecule has 3 rings (SSSR count). The Hall–Kier alpha value is -2.27. The van der Waals surface area contributed by atoms with Crippen LogP contribution in [0.1, 0.15) is 22.5 Å². The Balaban J connectivity index is 1.65. The van der Waals surface area contributed by atoms with Gasteiger partial charge in [-0.1, -0.05) is 33.2 Å². The van der Waals surface area contributed by atoms with Crippen molar-refractivity contribution >= 4 is 21.7 Å². The van der Waals surface area contributed by atoms with Gasteiger partial charge in [0.2, 0.25) is 0 Å². The van der Waals surface area contributed by atoms with Crippen LogP contribution in [-0.2, 0) is 6.42 Å². The predicted molar refractivity (Wildman–Crippen MR) is 86.5 cm³/mol. The highest BCUT2D eigenvalue weighted by Crippen LogP contribution is 2.22. The van der Waals surface area contributed by atoms with Crippen LogP contribution in [0.4, 0.5) is 0 Å². The molecule has 0 saturated carbocycles. The van der Waals surface area contributed by atoms with Gasteiger partial charge in [0.15, 0.2) is 5.78 Å². The highest BCUT2D eigenvalue weighted by Gasteiger charge is 2.10. The molecular weight excluding hydrogens is 344 g/mol. The van der Waals surface area contributed by atoms with E-state index < -0.39 is 0 Å². The zero-order valence-electron chi connectivity index (χ0n) is 11.7. The zero-order chi connectivity index (χ0) is 15.4. The lowest BCUT2D eigenvalue weighted by Gasteiger charge is -1.97. The number of halogens is 1. The molecular formula is C17H13BrN2O2. The lowest BCUT2D eigenvalue weighted by molar-refractivity contribution is 0.0980.